The molecular formula is C10H12BrClFNO. The molecule has 1 aliphatic rings. The summed E-state index contributed by atoms with van der Waals surface area (Å²) in [5.41, 5.74) is 1.05. The van der Waals surface area contributed by atoms with Crippen molar-refractivity contribution in [2.75, 3.05) is 19.8 Å². The number of morpholine rings is 1. The highest BCUT2D eigenvalue weighted by atomic mass is 79.9. The fraction of sp³-hybridized carbons (Fsp3) is 0.400. The van der Waals surface area contributed by atoms with Crippen molar-refractivity contribution in [1.82, 2.24) is 5.32 Å². The van der Waals surface area contributed by atoms with E-state index in [1.807, 2.05) is 0 Å². The molecular weight excluding hydrogens is 284 g/mol. The first-order valence-electron chi connectivity index (χ1n) is 4.53. The summed E-state index contributed by atoms with van der Waals surface area (Å²) in [6.07, 6.45) is 0. The van der Waals surface area contributed by atoms with E-state index < -0.39 is 0 Å². The van der Waals surface area contributed by atoms with Crippen molar-refractivity contribution in [2.45, 2.75) is 6.04 Å². The standard InChI is InChI=1S/C10H11BrFNO.ClH/c11-9-5-7(12)1-2-8(9)10-6-14-4-3-13-10;/h1-2,5,10,13H,3-4,6H2;1H. The first kappa shape index (κ1) is 12.9. The lowest BCUT2D eigenvalue weighted by molar-refractivity contribution is 0.0766. The van der Waals surface area contributed by atoms with E-state index in [-0.39, 0.29) is 24.3 Å². The Morgan fingerprint density at radius 1 is 1.47 bits per heavy atom. The Hall–Kier alpha value is -0.160. The van der Waals surface area contributed by atoms with Crippen LogP contribution >= 0.6 is 28.3 Å². The number of hydrogen-bond acceptors (Lipinski definition) is 2. The molecule has 1 fully saturated rings. The van der Waals surface area contributed by atoms with Gasteiger partial charge in [0.05, 0.1) is 19.3 Å². The first-order valence-corrected chi connectivity index (χ1v) is 5.33. The van der Waals surface area contributed by atoms with E-state index >= 15 is 0 Å². The molecule has 2 nitrogen and oxygen atoms in total. The van der Waals surface area contributed by atoms with Gasteiger partial charge in [0.2, 0.25) is 0 Å². The van der Waals surface area contributed by atoms with Gasteiger partial charge in [-0.2, -0.15) is 0 Å². The fourth-order valence-electron chi connectivity index (χ4n) is 1.55. The zero-order valence-corrected chi connectivity index (χ0v) is 10.4. The van der Waals surface area contributed by atoms with Gasteiger partial charge in [0.15, 0.2) is 0 Å². The second kappa shape index (κ2) is 5.80. The zero-order chi connectivity index (χ0) is 9.97. The van der Waals surface area contributed by atoms with Gasteiger partial charge < -0.3 is 10.1 Å². The molecule has 1 unspecified atom stereocenters. The quantitative estimate of drug-likeness (QED) is 0.860. The lowest BCUT2D eigenvalue weighted by Crippen LogP contribution is -2.34. The molecule has 84 valence electrons. The number of ether oxygens (including phenoxy) is 1. The number of nitrogens with one attached hydrogen (secondary N) is 1. The van der Waals surface area contributed by atoms with Crippen LogP contribution in [0.3, 0.4) is 0 Å². The van der Waals surface area contributed by atoms with E-state index in [0.29, 0.717) is 6.61 Å². The Balaban J connectivity index is 0.00000112. The average Bonchev–Trinajstić information content (AvgIpc) is 2.19. The fourth-order valence-corrected chi connectivity index (χ4v) is 2.18. The van der Waals surface area contributed by atoms with Crippen LogP contribution in [0.1, 0.15) is 11.6 Å². The molecule has 0 aliphatic carbocycles. The van der Waals surface area contributed by atoms with Crippen LogP contribution in [0.5, 0.6) is 0 Å². The van der Waals surface area contributed by atoms with E-state index in [1.165, 1.54) is 12.1 Å². The van der Waals surface area contributed by atoms with Gasteiger partial charge in [-0.15, -0.1) is 12.4 Å². The van der Waals surface area contributed by atoms with Gasteiger partial charge in [-0.05, 0) is 17.7 Å². The molecule has 0 spiro atoms. The van der Waals surface area contributed by atoms with Crippen LogP contribution in [-0.2, 0) is 4.74 Å². The van der Waals surface area contributed by atoms with Crippen LogP contribution in [0.15, 0.2) is 22.7 Å². The molecule has 1 atom stereocenters. The minimum absolute atomic E-state index is 0. The predicted octanol–water partition coefficient (Wildman–Crippen LogP) is 2.67. The summed E-state index contributed by atoms with van der Waals surface area (Å²) in [5, 5.41) is 3.32. The van der Waals surface area contributed by atoms with Crippen molar-refractivity contribution in [1.29, 1.82) is 0 Å². The predicted molar refractivity (Wildman–Crippen MR) is 62.9 cm³/mol. The molecule has 1 saturated heterocycles. The third kappa shape index (κ3) is 3.14. The molecule has 0 bridgehead atoms. The Morgan fingerprint density at radius 2 is 2.27 bits per heavy atom. The van der Waals surface area contributed by atoms with E-state index in [0.717, 1.165) is 23.2 Å². The van der Waals surface area contributed by atoms with Crippen molar-refractivity contribution in [3.63, 3.8) is 0 Å². The summed E-state index contributed by atoms with van der Waals surface area (Å²) in [5.74, 6) is -0.225. The second-order valence-corrected chi connectivity index (χ2v) is 4.10. The Morgan fingerprint density at radius 3 is 2.87 bits per heavy atom. The van der Waals surface area contributed by atoms with Crippen LogP contribution in [0.2, 0.25) is 0 Å². The molecule has 1 aliphatic heterocycles. The molecule has 0 aromatic heterocycles. The lowest BCUT2D eigenvalue weighted by atomic mass is 10.1. The SMILES string of the molecule is Cl.Fc1ccc(C2COCCN2)c(Br)c1. The summed E-state index contributed by atoms with van der Waals surface area (Å²) >= 11 is 3.35. The van der Waals surface area contributed by atoms with Crippen LogP contribution in [0.4, 0.5) is 4.39 Å². The lowest BCUT2D eigenvalue weighted by Gasteiger charge is -2.24. The molecule has 0 radical (unpaired) electrons. The van der Waals surface area contributed by atoms with Crippen molar-refractivity contribution >= 4 is 28.3 Å². The highest BCUT2D eigenvalue weighted by Crippen LogP contribution is 2.25. The maximum atomic E-state index is 12.8. The van der Waals surface area contributed by atoms with Gasteiger partial charge in [-0.3, -0.25) is 0 Å². The van der Waals surface area contributed by atoms with E-state index in [9.17, 15) is 4.39 Å². The Bertz CT molecular complexity index is 331. The van der Waals surface area contributed by atoms with Crippen LogP contribution in [0.25, 0.3) is 0 Å². The van der Waals surface area contributed by atoms with Gasteiger partial charge in [0, 0.05) is 11.0 Å². The topological polar surface area (TPSA) is 21.3 Å². The number of benzene rings is 1. The average molecular weight is 297 g/mol. The molecule has 1 aromatic rings. The zero-order valence-electron chi connectivity index (χ0n) is 8.00. The third-order valence-electron chi connectivity index (χ3n) is 2.26. The van der Waals surface area contributed by atoms with Crippen LogP contribution in [-0.4, -0.2) is 19.8 Å². The van der Waals surface area contributed by atoms with Gasteiger partial charge >= 0.3 is 0 Å². The van der Waals surface area contributed by atoms with E-state index in [1.54, 1.807) is 6.07 Å². The summed E-state index contributed by atoms with van der Waals surface area (Å²) < 4.78 is 19.0. The maximum Gasteiger partial charge on any atom is 0.124 e. The molecule has 15 heavy (non-hydrogen) atoms. The monoisotopic (exact) mass is 295 g/mol. The summed E-state index contributed by atoms with van der Waals surface area (Å²) in [6.45, 7) is 2.23. The molecule has 1 aromatic carbocycles. The summed E-state index contributed by atoms with van der Waals surface area (Å²) in [7, 11) is 0. The highest BCUT2D eigenvalue weighted by Gasteiger charge is 2.17. The maximum absolute atomic E-state index is 12.8. The van der Waals surface area contributed by atoms with Gasteiger partial charge in [0.1, 0.15) is 5.82 Å². The molecule has 5 heteroatoms. The molecule has 1 N–H and O–H groups in total. The van der Waals surface area contributed by atoms with Gasteiger partial charge in [-0.1, -0.05) is 22.0 Å². The van der Waals surface area contributed by atoms with Crippen molar-refractivity contribution in [3.8, 4) is 0 Å². The largest absolute Gasteiger partial charge is 0.378 e. The van der Waals surface area contributed by atoms with Crippen molar-refractivity contribution in [2.24, 2.45) is 0 Å². The van der Waals surface area contributed by atoms with Crippen LogP contribution < -0.4 is 5.32 Å². The van der Waals surface area contributed by atoms with E-state index in [4.69, 9.17) is 4.74 Å². The number of rotatable bonds is 1. The van der Waals surface area contributed by atoms with E-state index in [2.05, 4.69) is 21.2 Å². The molecule has 2 rings (SSSR count). The smallest absolute Gasteiger partial charge is 0.124 e. The van der Waals surface area contributed by atoms with Crippen molar-refractivity contribution in [3.05, 3.63) is 34.1 Å². The minimum atomic E-state index is -0.225. The molecule has 0 amide bonds. The summed E-state index contributed by atoms with van der Waals surface area (Å²) in [6, 6.07) is 4.90. The first-order chi connectivity index (χ1) is 6.77. The van der Waals surface area contributed by atoms with Gasteiger partial charge in [-0.25, -0.2) is 4.39 Å². The third-order valence-corrected chi connectivity index (χ3v) is 2.95. The second-order valence-electron chi connectivity index (χ2n) is 3.25. The van der Waals surface area contributed by atoms with Gasteiger partial charge in [0.25, 0.3) is 0 Å². The number of halogens is 3. The Kier molecular flexibility index (Phi) is 4.99. The minimum Gasteiger partial charge on any atom is -0.378 e. The number of hydrogen-bond donors (Lipinski definition) is 1. The van der Waals surface area contributed by atoms with Crippen molar-refractivity contribution < 1.29 is 9.13 Å². The summed E-state index contributed by atoms with van der Waals surface area (Å²) in [4.78, 5) is 0. The van der Waals surface area contributed by atoms with Crippen LogP contribution in [0, 0.1) is 5.82 Å². The highest BCUT2D eigenvalue weighted by molar-refractivity contribution is 9.10. The molecule has 1 heterocycles. The normalized spacial score (nSPS) is 20.8. The Labute approximate surface area is 103 Å². The molecule has 0 saturated carbocycles.